The van der Waals surface area contributed by atoms with Gasteiger partial charge in [0.15, 0.2) is 0 Å². The second-order valence-electron chi connectivity index (χ2n) is 3.78. The first-order valence-electron chi connectivity index (χ1n) is 5.29. The zero-order chi connectivity index (χ0) is 14.0. The molecule has 0 radical (unpaired) electrons. The molecule has 0 heterocycles. The van der Waals surface area contributed by atoms with E-state index in [1.54, 1.807) is 36.4 Å². The molecule has 2 rings (SSSR count). The van der Waals surface area contributed by atoms with E-state index in [1.807, 2.05) is 0 Å². The van der Waals surface area contributed by atoms with E-state index in [0.717, 1.165) is 4.47 Å². The fourth-order valence-corrected chi connectivity index (χ4v) is 2.41. The van der Waals surface area contributed by atoms with Crippen molar-refractivity contribution >= 4 is 56.4 Å². The third kappa shape index (κ3) is 3.21. The van der Waals surface area contributed by atoms with Gasteiger partial charge in [0.1, 0.15) is 0 Å². The van der Waals surface area contributed by atoms with Crippen LogP contribution in [-0.2, 0) is 0 Å². The first kappa shape index (κ1) is 14.2. The number of hydrogen-bond donors (Lipinski definition) is 2. The number of hydrogen-bond acceptors (Lipinski definition) is 2. The average molecular weight is 360 g/mol. The topological polar surface area (TPSA) is 55.1 Å². The lowest BCUT2D eigenvalue weighted by Crippen LogP contribution is -2.14. The van der Waals surface area contributed by atoms with Gasteiger partial charge in [0.05, 0.1) is 27.0 Å². The van der Waals surface area contributed by atoms with Crippen molar-refractivity contribution in [3.8, 4) is 0 Å². The van der Waals surface area contributed by atoms with Crippen LogP contribution in [0.15, 0.2) is 40.9 Å². The van der Waals surface area contributed by atoms with Gasteiger partial charge in [0, 0.05) is 4.47 Å². The van der Waals surface area contributed by atoms with E-state index in [-0.39, 0.29) is 11.6 Å². The Bertz CT molecular complexity index is 647. The normalized spacial score (nSPS) is 10.3. The quantitative estimate of drug-likeness (QED) is 0.770. The summed E-state index contributed by atoms with van der Waals surface area (Å²) in [6.45, 7) is 0. The number of rotatable bonds is 2. The third-order valence-corrected chi connectivity index (χ3v) is 3.61. The van der Waals surface area contributed by atoms with Crippen LogP contribution in [0.2, 0.25) is 10.0 Å². The smallest absolute Gasteiger partial charge is 0.257 e. The second-order valence-corrected chi connectivity index (χ2v) is 5.51. The van der Waals surface area contributed by atoms with Crippen molar-refractivity contribution in [3.63, 3.8) is 0 Å². The lowest BCUT2D eigenvalue weighted by Gasteiger charge is -2.10. The summed E-state index contributed by atoms with van der Waals surface area (Å²) < 4.78 is 0.831. The standard InChI is InChI=1S/C13H9BrCl2N2O/c14-7-4-5-11(10(16)6-7)18-13(19)8-2-1-3-9(15)12(8)17/h1-6H,17H2,(H,18,19). The van der Waals surface area contributed by atoms with Crippen LogP contribution in [0.25, 0.3) is 0 Å². The predicted octanol–water partition coefficient (Wildman–Crippen LogP) is 4.59. The zero-order valence-electron chi connectivity index (χ0n) is 9.58. The van der Waals surface area contributed by atoms with Gasteiger partial charge >= 0.3 is 0 Å². The first-order valence-corrected chi connectivity index (χ1v) is 6.84. The number of nitrogens with two attached hydrogens (primary N) is 1. The minimum absolute atomic E-state index is 0.245. The summed E-state index contributed by atoms with van der Waals surface area (Å²) in [5.74, 6) is -0.357. The summed E-state index contributed by atoms with van der Waals surface area (Å²) in [5, 5.41) is 3.47. The Balaban J connectivity index is 2.28. The molecule has 1 amide bonds. The lowest BCUT2D eigenvalue weighted by molar-refractivity contribution is 0.102. The van der Waals surface area contributed by atoms with Crippen LogP contribution in [0, 0.1) is 0 Å². The molecule has 6 heteroatoms. The Labute approximate surface area is 128 Å². The van der Waals surface area contributed by atoms with E-state index >= 15 is 0 Å². The third-order valence-electron chi connectivity index (χ3n) is 2.48. The Morgan fingerprint density at radius 2 is 1.89 bits per heavy atom. The monoisotopic (exact) mass is 358 g/mol. The largest absolute Gasteiger partial charge is 0.397 e. The van der Waals surface area contributed by atoms with Gasteiger partial charge in [-0.25, -0.2) is 0 Å². The fraction of sp³-hybridized carbons (Fsp3) is 0. The summed E-state index contributed by atoms with van der Waals surface area (Å²) in [7, 11) is 0. The molecule has 0 spiro atoms. The van der Waals surface area contributed by atoms with Gasteiger partial charge in [0.2, 0.25) is 0 Å². The average Bonchev–Trinajstić information content (AvgIpc) is 2.36. The van der Waals surface area contributed by atoms with Gasteiger partial charge in [-0.3, -0.25) is 4.79 Å². The maximum atomic E-state index is 12.1. The van der Waals surface area contributed by atoms with Gasteiger partial charge in [-0.2, -0.15) is 0 Å². The number of carbonyl (C=O) groups is 1. The molecule has 19 heavy (non-hydrogen) atoms. The fourth-order valence-electron chi connectivity index (χ4n) is 1.52. The molecule has 0 aromatic heterocycles. The van der Waals surface area contributed by atoms with Crippen molar-refractivity contribution in [1.82, 2.24) is 0 Å². The summed E-state index contributed by atoms with van der Waals surface area (Å²) in [6, 6.07) is 10.1. The number of anilines is 2. The van der Waals surface area contributed by atoms with Crippen molar-refractivity contribution in [3.05, 3.63) is 56.5 Å². The van der Waals surface area contributed by atoms with Crippen LogP contribution in [0.1, 0.15) is 10.4 Å². The number of carbonyl (C=O) groups excluding carboxylic acids is 1. The Morgan fingerprint density at radius 3 is 2.58 bits per heavy atom. The molecule has 3 nitrogen and oxygen atoms in total. The molecule has 0 aliphatic rings. The molecule has 0 aliphatic heterocycles. The summed E-state index contributed by atoms with van der Waals surface area (Å²) >= 11 is 15.2. The van der Waals surface area contributed by atoms with Crippen LogP contribution in [0.5, 0.6) is 0 Å². The second kappa shape index (κ2) is 5.82. The van der Waals surface area contributed by atoms with Gasteiger partial charge in [-0.15, -0.1) is 0 Å². The number of amides is 1. The van der Waals surface area contributed by atoms with Crippen LogP contribution in [0.4, 0.5) is 11.4 Å². The van der Waals surface area contributed by atoms with E-state index in [1.165, 1.54) is 0 Å². The molecular weight excluding hydrogens is 351 g/mol. The van der Waals surface area contributed by atoms with E-state index in [4.69, 9.17) is 28.9 Å². The molecule has 2 aromatic rings. The van der Waals surface area contributed by atoms with E-state index in [0.29, 0.717) is 21.3 Å². The van der Waals surface area contributed by atoms with Crippen molar-refractivity contribution in [2.45, 2.75) is 0 Å². The molecule has 0 saturated carbocycles. The maximum Gasteiger partial charge on any atom is 0.257 e. The molecule has 0 bridgehead atoms. The molecule has 0 saturated heterocycles. The highest BCUT2D eigenvalue weighted by molar-refractivity contribution is 9.10. The number of nitrogen functional groups attached to an aromatic ring is 1. The predicted molar refractivity (Wildman–Crippen MR) is 83.0 cm³/mol. The van der Waals surface area contributed by atoms with E-state index in [9.17, 15) is 4.79 Å². The zero-order valence-corrected chi connectivity index (χ0v) is 12.7. The van der Waals surface area contributed by atoms with Gasteiger partial charge in [-0.05, 0) is 30.3 Å². The number of para-hydroxylation sites is 1. The van der Waals surface area contributed by atoms with Crippen LogP contribution in [-0.4, -0.2) is 5.91 Å². The van der Waals surface area contributed by atoms with Gasteiger partial charge < -0.3 is 11.1 Å². The molecule has 2 aromatic carbocycles. The molecular formula is C13H9BrCl2N2O. The Morgan fingerprint density at radius 1 is 1.16 bits per heavy atom. The lowest BCUT2D eigenvalue weighted by atomic mass is 10.1. The first-order chi connectivity index (χ1) is 8.99. The van der Waals surface area contributed by atoms with Gasteiger partial charge in [-0.1, -0.05) is 45.2 Å². The maximum absolute atomic E-state index is 12.1. The van der Waals surface area contributed by atoms with Crippen molar-refractivity contribution in [2.24, 2.45) is 0 Å². The molecule has 98 valence electrons. The molecule has 3 N–H and O–H groups in total. The number of nitrogens with one attached hydrogen (secondary N) is 1. The highest BCUT2D eigenvalue weighted by Crippen LogP contribution is 2.28. The summed E-state index contributed by atoms with van der Waals surface area (Å²) in [5.41, 5.74) is 6.83. The molecule has 0 atom stereocenters. The SMILES string of the molecule is Nc1c(Cl)cccc1C(=O)Nc1ccc(Br)cc1Cl. The number of benzene rings is 2. The highest BCUT2D eigenvalue weighted by atomic mass is 79.9. The van der Waals surface area contributed by atoms with E-state index < -0.39 is 0 Å². The van der Waals surface area contributed by atoms with E-state index in [2.05, 4.69) is 21.2 Å². The van der Waals surface area contributed by atoms with Crippen LogP contribution < -0.4 is 11.1 Å². The molecule has 0 fully saturated rings. The Hall–Kier alpha value is -1.23. The summed E-state index contributed by atoms with van der Waals surface area (Å²) in [4.78, 5) is 12.1. The van der Waals surface area contributed by atoms with Crippen molar-refractivity contribution in [1.29, 1.82) is 0 Å². The summed E-state index contributed by atoms with van der Waals surface area (Å²) in [6.07, 6.45) is 0. The molecule has 0 aliphatic carbocycles. The minimum Gasteiger partial charge on any atom is -0.397 e. The van der Waals surface area contributed by atoms with Crippen LogP contribution in [0.3, 0.4) is 0 Å². The van der Waals surface area contributed by atoms with Crippen molar-refractivity contribution < 1.29 is 4.79 Å². The minimum atomic E-state index is -0.357. The molecule has 0 unspecified atom stereocenters. The van der Waals surface area contributed by atoms with Crippen molar-refractivity contribution in [2.75, 3.05) is 11.1 Å². The van der Waals surface area contributed by atoms with Crippen LogP contribution >= 0.6 is 39.1 Å². The highest BCUT2D eigenvalue weighted by Gasteiger charge is 2.13. The Kier molecular flexibility index (Phi) is 4.34. The number of halogens is 3. The van der Waals surface area contributed by atoms with Gasteiger partial charge in [0.25, 0.3) is 5.91 Å².